The summed E-state index contributed by atoms with van der Waals surface area (Å²) >= 11 is 0. The van der Waals surface area contributed by atoms with Gasteiger partial charge in [0.25, 0.3) is 0 Å². The van der Waals surface area contributed by atoms with Gasteiger partial charge in [-0.25, -0.2) is 0 Å². The lowest BCUT2D eigenvalue weighted by Gasteiger charge is -2.10. The average molecular weight is 197 g/mol. The van der Waals surface area contributed by atoms with Crippen LogP contribution in [-0.4, -0.2) is 25.8 Å². The Kier molecular flexibility index (Phi) is 3.13. The molecule has 0 amide bonds. The van der Waals surface area contributed by atoms with Crippen molar-refractivity contribution in [3.05, 3.63) is 0 Å². The standard InChI is InChI=1S/C12H23NO/c1-12(2)8-10(12)9-13-6-5-11-4-3-7-14-11/h10-11,13H,3-9H2,1-2H3. The summed E-state index contributed by atoms with van der Waals surface area (Å²) in [7, 11) is 0. The number of hydrogen-bond donors (Lipinski definition) is 1. The van der Waals surface area contributed by atoms with Crippen molar-refractivity contribution in [2.45, 2.75) is 45.6 Å². The van der Waals surface area contributed by atoms with E-state index in [1.807, 2.05) is 0 Å². The Balaban J connectivity index is 1.48. The molecule has 2 atom stereocenters. The largest absolute Gasteiger partial charge is 0.378 e. The van der Waals surface area contributed by atoms with E-state index in [0.29, 0.717) is 11.5 Å². The summed E-state index contributed by atoms with van der Waals surface area (Å²) in [4.78, 5) is 0. The third kappa shape index (κ3) is 2.71. The van der Waals surface area contributed by atoms with E-state index in [1.54, 1.807) is 0 Å². The first-order valence-electron chi connectivity index (χ1n) is 6.01. The molecular formula is C12H23NO. The van der Waals surface area contributed by atoms with E-state index in [0.717, 1.165) is 19.1 Å². The van der Waals surface area contributed by atoms with Crippen molar-refractivity contribution in [1.82, 2.24) is 5.32 Å². The molecule has 2 fully saturated rings. The van der Waals surface area contributed by atoms with E-state index >= 15 is 0 Å². The topological polar surface area (TPSA) is 21.3 Å². The van der Waals surface area contributed by atoms with Crippen LogP contribution in [0.1, 0.15) is 39.5 Å². The summed E-state index contributed by atoms with van der Waals surface area (Å²) in [6.07, 6.45) is 5.69. The molecule has 1 saturated carbocycles. The van der Waals surface area contributed by atoms with Gasteiger partial charge in [-0.1, -0.05) is 13.8 Å². The Morgan fingerprint density at radius 1 is 1.43 bits per heavy atom. The second-order valence-corrected chi connectivity index (χ2v) is 5.52. The SMILES string of the molecule is CC1(C)CC1CNCCC1CCCO1. The lowest BCUT2D eigenvalue weighted by Crippen LogP contribution is -2.23. The summed E-state index contributed by atoms with van der Waals surface area (Å²) in [6, 6.07) is 0. The fourth-order valence-electron chi connectivity index (χ4n) is 2.34. The molecule has 2 aliphatic rings. The van der Waals surface area contributed by atoms with E-state index in [1.165, 1.54) is 32.2 Å². The molecule has 2 rings (SSSR count). The molecule has 2 unspecified atom stereocenters. The average Bonchev–Trinajstić information content (AvgIpc) is 2.60. The minimum atomic E-state index is 0.551. The lowest BCUT2D eigenvalue weighted by molar-refractivity contribution is 0.104. The van der Waals surface area contributed by atoms with Gasteiger partial charge in [0.1, 0.15) is 0 Å². The maximum atomic E-state index is 5.58. The first kappa shape index (κ1) is 10.4. The Bertz CT molecular complexity index is 178. The summed E-state index contributed by atoms with van der Waals surface area (Å²) in [5.41, 5.74) is 0.622. The predicted molar refractivity (Wildman–Crippen MR) is 58.3 cm³/mol. The van der Waals surface area contributed by atoms with Crippen molar-refractivity contribution in [1.29, 1.82) is 0 Å². The third-order valence-corrected chi connectivity index (χ3v) is 3.78. The van der Waals surface area contributed by atoms with Crippen molar-refractivity contribution in [3.8, 4) is 0 Å². The Morgan fingerprint density at radius 2 is 2.21 bits per heavy atom. The van der Waals surface area contributed by atoms with E-state index in [2.05, 4.69) is 19.2 Å². The number of hydrogen-bond acceptors (Lipinski definition) is 2. The molecule has 0 radical (unpaired) electrons. The normalized spacial score (nSPS) is 34.7. The van der Waals surface area contributed by atoms with E-state index in [-0.39, 0.29) is 0 Å². The molecule has 2 nitrogen and oxygen atoms in total. The monoisotopic (exact) mass is 197 g/mol. The maximum Gasteiger partial charge on any atom is 0.0588 e. The first-order valence-corrected chi connectivity index (χ1v) is 6.01. The maximum absolute atomic E-state index is 5.58. The Labute approximate surface area is 87.4 Å². The van der Waals surface area contributed by atoms with E-state index in [9.17, 15) is 0 Å². The Morgan fingerprint density at radius 3 is 2.79 bits per heavy atom. The fourth-order valence-corrected chi connectivity index (χ4v) is 2.34. The van der Waals surface area contributed by atoms with Crippen molar-refractivity contribution in [2.75, 3.05) is 19.7 Å². The van der Waals surface area contributed by atoms with Crippen molar-refractivity contribution in [3.63, 3.8) is 0 Å². The molecule has 0 spiro atoms. The molecule has 82 valence electrons. The third-order valence-electron chi connectivity index (χ3n) is 3.78. The summed E-state index contributed by atoms with van der Waals surface area (Å²) in [6.45, 7) is 8.05. The molecule has 1 aliphatic carbocycles. The first-order chi connectivity index (χ1) is 6.68. The predicted octanol–water partition coefficient (Wildman–Crippen LogP) is 2.19. The minimum Gasteiger partial charge on any atom is -0.378 e. The molecule has 1 saturated heterocycles. The molecule has 0 aromatic heterocycles. The second-order valence-electron chi connectivity index (χ2n) is 5.52. The van der Waals surface area contributed by atoms with Gasteiger partial charge in [0.2, 0.25) is 0 Å². The lowest BCUT2D eigenvalue weighted by atomic mass is 10.1. The van der Waals surface area contributed by atoms with E-state index < -0.39 is 0 Å². The van der Waals surface area contributed by atoms with Crippen LogP contribution < -0.4 is 5.32 Å². The van der Waals surface area contributed by atoms with Crippen LogP contribution in [-0.2, 0) is 4.74 Å². The van der Waals surface area contributed by atoms with E-state index in [4.69, 9.17) is 4.74 Å². The van der Waals surface area contributed by atoms with Crippen LogP contribution in [0.15, 0.2) is 0 Å². The van der Waals surface area contributed by atoms with Crippen molar-refractivity contribution in [2.24, 2.45) is 11.3 Å². The zero-order chi connectivity index (χ0) is 10.0. The highest BCUT2D eigenvalue weighted by Gasteiger charge is 2.44. The van der Waals surface area contributed by atoms with Crippen LogP contribution in [0.5, 0.6) is 0 Å². The number of rotatable bonds is 5. The molecule has 2 heteroatoms. The Hall–Kier alpha value is -0.0800. The highest BCUT2D eigenvalue weighted by molar-refractivity contribution is 4.96. The van der Waals surface area contributed by atoms with Gasteiger partial charge in [-0.15, -0.1) is 0 Å². The smallest absolute Gasteiger partial charge is 0.0588 e. The van der Waals surface area contributed by atoms with Gasteiger partial charge in [-0.3, -0.25) is 0 Å². The summed E-state index contributed by atoms with van der Waals surface area (Å²) < 4.78 is 5.58. The molecule has 1 N–H and O–H groups in total. The molecule has 1 aliphatic heterocycles. The van der Waals surface area contributed by atoms with Gasteiger partial charge in [-0.2, -0.15) is 0 Å². The molecule has 1 heterocycles. The van der Waals surface area contributed by atoms with Gasteiger partial charge in [0.05, 0.1) is 6.10 Å². The number of ether oxygens (including phenoxy) is 1. The second kappa shape index (κ2) is 4.19. The van der Waals surface area contributed by atoms with Crippen LogP contribution in [0, 0.1) is 11.3 Å². The highest BCUT2D eigenvalue weighted by Crippen LogP contribution is 2.50. The van der Waals surface area contributed by atoms with Gasteiger partial charge >= 0.3 is 0 Å². The fraction of sp³-hybridized carbons (Fsp3) is 1.00. The number of nitrogens with one attached hydrogen (secondary N) is 1. The van der Waals surface area contributed by atoms with Crippen molar-refractivity contribution >= 4 is 0 Å². The molecule has 0 aromatic rings. The zero-order valence-corrected chi connectivity index (χ0v) is 9.51. The quantitative estimate of drug-likeness (QED) is 0.682. The van der Waals surface area contributed by atoms with Crippen molar-refractivity contribution < 1.29 is 4.74 Å². The highest BCUT2D eigenvalue weighted by atomic mass is 16.5. The zero-order valence-electron chi connectivity index (χ0n) is 9.51. The minimum absolute atomic E-state index is 0.551. The van der Waals surface area contributed by atoms with Gasteiger partial charge in [-0.05, 0) is 50.1 Å². The summed E-state index contributed by atoms with van der Waals surface area (Å²) in [5.74, 6) is 0.923. The van der Waals surface area contributed by atoms with Crippen LogP contribution in [0.25, 0.3) is 0 Å². The molecular weight excluding hydrogens is 174 g/mol. The van der Waals surface area contributed by atoms with Crippen LogP contribution >= 0.6 is 0 Å². The molecule has 14 heavy (non-hydrogen) atoms. The van der Waals surface area contributed by atoms with Crippen LogP contribution in [0.3, 0.4) is 0 Å². The van der Waals surface area contributed by atoms with Crippen LogP contribution in [0.4, 0.5) is 0 Å². The molecule has 0 aromatic carbocycles. The van der Waals surface area contributed by atoms with Gasteiger partial charge in [0, 0.05) is 6.61 Å². The van der Waals surface area contributed by atoms with Gasteiger partial charge < -0.3 is 10.1 Å². The molecule has 0 bridgehead atoms. The van der Waals surface area contributed by atoms with Crippen LogP contribution in [0.2, 0.25) is 0 Å². The summed E-state index contributed by atoms with van der Waals surface area (Å²) in [5, 5.41) is 3.55. The van der Waals surface area contributed by atoms with Gasteiger partial charge in [0.15, 0.2) is 0 Å².